The minimum Gasteiger partial charge on any atom is -0.255 e. The zero-order valence-electron chi connectivity index (χ0n) is 10.7. The molecule has 0 saturated heterocycles. The van der Waals surface area contributed by atoms with E-state index in [1.54, 1.807) is 0 Å². The molecule has 2 rings (SSSR count). The Hall–Kier alpha value is -0.670. The van der Waals surface area contributed by atoms with Crippen molar-refractivity contribution >= 4 is 35.3 Å². The molecule has 0 fully saturated rings. The maximum absolute atomic E-state index is 4.46. The summed E-state index contributed by atoms with van der Waals surface area (Å²) in [5, 5.41) is 1.23. The number of fused-ring (bicyclic) bond motifs is 1. The van der Waals surface area contributed by atoms with E-state index >= 15 is 0 Å². The van der Waals surface area contributed by atoms with Gasteiger partial charge in [-0.25, -0.2) is 0 Å². The fraction of sp³-hybridized carbons (Fsp3) is 0.400. The fourth-order valence-corrected chi connectivity index (χ4v) is 3.27. The number of thioether (sulfide) groups is 1. The lowest BCUT2D eigenvalue weighted by Gasteiger charge is -2.07. The van der Waals surface area contributed by atoms with Crippen LogP contribution in [0.4, 0.5) is 0 Å². The number of aromatic nitrogens is 1. The summed E-state index contributed by atoms with van der Waals surface area (Å²) in [5.74, 6) is 1.19. The van der Waals surface area contributed by atoms with Crippen LogP contribution in [0.3, 0.4) is 0 Å². The molecule has 0 aliphatic carbocycles. The highest BCUT2D eigenvalue weighted by Crippen LogP contribution is 2.31. The molecule has 0 aliphatic heterocycles. The van der Waals surface area contributed by atoms with E-state index in [0.717, 1.165) is 10.4 Å². The molecule has 0 radical (unpaired) electrons. The van der Waals surface area contributed by atoms with E-state index in [1.807, 2.05) is 30.1 Å². The van der Waals surface area contributed by atoms with E-state index in [-0.39, 0.29) is 0 Å². The number of pyridine rings is 1. The molecular weight excluding hydrogens is 258 g/mol. The van der Waals surface area contributed by atoms with Crippen molar-refractivity contribution in [1.29, 1.82) is 0 Å². The van der Waals surface area contributed by atoms with Gasteiger partial charge in [0.25, 0.3) is 0 Å². The van der Waals surface area contributed by atoms with Gasteiger partial charge >= 0.3 is 0 Å². The van der Waals surface area contributed by atoms with Crippen molar-refractivity contribution in [3.05, 3.63) is 30.5 Å². The highest BCUT2D eigenvalue weighted by atomic mass is 32.2. The van der Waals surface area contributed by atoms with Crippen LogP contribution in [0.15, 0.2) is 40.3 Å². The summed E-state index contributed by atoms with van der Waals surface area (Å²) in [4.78, 5) is 6.69. The predicted octanol–water partition coefficient (Wildman–Crippen LogP) is 5.20. The SMILES string of the molecule is CCCCCCSc1ccc(S)c2ncccc12. The summed E-state index contributed by atoms with van der Waals surface area (Å²) < 4.78 is 0. The zero-order valence-corrected chi connectivity index (χ0v) is 12.4. The molecule has 18 heavy (non-hydrogen) atoms. The number of unbranched alkanes of at least 4 members (excludes halogenated alkanes) is 3. The number of hydrogen-bond acceptors (Lipinski definition) is 3. The third kappa shape index (κ3) is 3.42. The lowest BCUT2D eigenvalue weighted by molar-refractivity contribution is 0.706. The van der Waals surface area contributed by atoms with Gasteiger partial charge in [-0.1, -0.05) is 32.3 Å². The van der Waals surface area contributed by atoms with Gasteiger partial charge in [0, 0.05) is 21.4 Å². The molecular formula is C15H19NS2. The molecule has 0 spiro atoms. The Morgan fingerprint density at radius 3 is 2.89 bits per heavy atom. The molecule has 1 nitrogen and oxygen atoms in total. The lowest BCUT2D eigenvalue weighted by Crippen LogP contribution is -1.85. The third-order valence-corrected chi connectivity index (χ3v) is 4.48. The smallest absolute Gasteiger partial charge is 0.0846 e. The summed E-state index contributed by atoms with van der Waals surface area (Å²) in [7, 11) is 0. The van der Waals surface area contributed by atoms with Crippen LogP contribution in [0.25, 0.3) is 10.9 Å². The van der Waals surface area contributed by atoms with Crippen molar-refractivity contribution in [1.82, 2.24) is 4.98 Å². The van der Waals surface area contributed by atoms with Crippen LogP contribution in [0, 0.1) is 0 Å². The Labute approximate surface area is 119 Å². The van der Waals surface area contributed by atoms with Crippen molar-refractivity contribution in [3.8, 4) is 0 Å². The molecule has 0 amide bonds. The van der Waals surface area contributed by atoms with Gasteiger partial charge in [0.1, 0.15) is 0 Å². The molecule has 0 bridgehead atoms. The quantitative estimate of drug-likeness (QED) is 0.443. The number of thiol groups is 1. The second-order valence-corrected chi connectivity index (χ2v) is 6.01. The average Bonchev–Trinajstić information content (AvgIpc) is 2.41. The van der Waals surface area contributed by atoms with Crippen LogP contribution in [-0.2, 0) is 0 Å². The van der Waals surface area contributed by atoms with E-state index in [4.69, 9.17) is 0 Å². The topological polar surface area (TPSA) is 12.9 Å². The van der Waals surface area contributed by atoms with Gasteiger partial charge in [-0.15, -0.1) is 24.4 Å². The third-order valence-electron chi connectivity index (χ3n) is 2.96. The minimum atomic E-state index is 0.959. The highest BCUT2D eigenvalue weighted by Gasteiger charge is 2.04. The second kappa shape index (κ2) is 7.05. The first-order valence-corrected chi connectivity index (χ1v) is 7.95. The molecule has 1 heterocycles. The number of rotatable bonds is 6. The Kier molecular flexibility index (Phi) is 5.39. The van der Waals surface area contributed by atoms with E-state index in [0.29, 0.717) is 0 Å². The summed E-state index contributed by atoms with van der Waals surface area (Å²) >= 11 is 6.40. The van der Waals surface area contributed by atoms with Gasteiger partial charge in [0.2, 0.25) is 0 Å². The molecule has 3 heteroatoms. The van der Waals surface area contributed by atoms with Crippen LogP contribution in [0.2, 0.25) is 0 Å². The standard InChI is InChI=1S/C15H19NS2/c1-2-3-4-5-11-18-14-9-8-13(17)15-12(14)7-6-10-16-15/h6-10,17H,2-5,11H2,1H3. The summed E-state index contributed by atoms with van der Waals surface area (Å²) in [6, 6.07) is 8.34. The first-order chi connectivity index (χ1) is 8.83. The van der Waals surface area contributed by atoms with Crippen LogP contribution >= 0.6 is 24.4 Å². The van der Waals surface area contributed by atoms with E-state index in [2.05, 4.69) is 36.7 Å². The maximum atomic E-state index is 4.46. The molecule has 96 valence electrons. The Morgan fingerprint density at radius 1 is 1.17 bits per heavy atom. The Morgan fingerprint density at radius 2 is 2.06 bits per heavy atom. The monoisotopic (exact) mass is 277 g/mol. The van der Waals surface area contributed by atoms with Crippen molar-refractivity contribution < 1.29 is 0 Å². The average molecular weight is 277 g/mol. The highest BCUT2D eigenvalue weighted by molar-refractivity contribution is 7.99. The Bertz CT molecular complexity index is 511. The van der Waals surface area contributed by atoms with Crippen LogP contribution in [-0.4, -0.2) is 10.7 Å². The van der Waals surface area contributed by atoms with Crippen molar-refractivity contribution in [2.45, 2.75) is 42.4 Å². The van der Waals surface area contributed by atoms with Crippen molar-refractivity contribution in [2.75, 3.05) is 5.75 Å². The normalized spacial score (nSPS) is 11.0. The molecule has 0 unspecified atom stereocenters. The molecule has 0 saturated carbocycles. The van der Waals surface area contributed by atoms with Gasteiger partial charge in [-0.2, -0.15) is 0 Å². The van der Waals surface area contributed by atoms with Gasteiger partial charge in [-0.3, -0.25) is 4.98 Å². The second-order valence-electron chi connectivity index (χ2n) is 4.39. The van der Waals surface area contributed by atoms with Crippen molar-refractivity contribution in [2.24, 2.45) is 0 Å². The van der Waals surface area contributed by atoms with Gasteiger partial charge in [0.15, 0.2) is 0 Å². The van der Waals surface area contributed by atoms with Gasteiger partial charge in [0.05, 0.1) is 5.52 Å². The first-order valence-electron chi connectivity index (χ1n) is 6.52. The fourth-order valence-electron chi connectivity index (χ4n) is 1.97. The van der Waals surface area contributed by atoms with Crippen LogP contribution in [0.1, 0.15) is 32.6 Å². The summed E-state index contributed by atoms with van der Waals surface area (Å²) in [5.41, 5.74) is 1.01. The summed E-state index contributed by atoms with van der Waals surface area (Å²) in [6.45, 7) is 2.25. The molecule has 1 aromatic carbocycles. The predicted molar refractivity (Wildman–Crippen MR) is 83.9 cm³/mol. The van der Waals surface area contributed by atoms with E-state index in [9.17, 15) is 0 Å². The van der Waals surface area contributed by atoms with Gasteiger partial charge < -0.3 is 0 Å². The minimum absolute atomic E-state index is 0.959. The van der Waals surface area contributed by atoms with E-state index < -0.39 is 0 Å². The first kappa shape index (κ1) is 13.8. The van der Waals surface area contributed by atoms with E-state index in [1.165, 1.54) is 41.7 Å². The van der Waals surface area contributed by atoms with Crippen LogP contribution in [0.5, 0.6) is 0 Å². The van der Waals surface area contributed by atoms with Crippen LogP contribution < -0.4 is 0 Å². The molecule has 0 aliphatic rings. The van der Waals surface area contributed by atoms with Gasteiger partial charge in [-0.05, 0) is 30.4 Å². The summed E-state index contributed by atoms with van der Waals surface area (Å²) in [6.07, 6.45) is 7.11. The lowest BCUT2D eigenvalue weighted by atomic mass is 10.2. The molecule has 0 N–H and O–H groups in total. The van der Waals surface area contributed by atoms with Crippen molar-refractivity contribution in [3.63, 3.8) is 0 Å². The zero-order chi connectivity index (χ0) is 12.8. The Balaban J connectivity index is 2.07. The number of nitrogens with zero attached hydrogens (tertiary/aromatic N) is 1. The molecule has 1 aromatic heterocycles. The number of benzene rings is 1. The molecule has 0 atom stereocenters. The largest absolute Gasteiger partial charge is 0.255 e. The number of hydrogen-bond donors (Lipinski definition) is 1. The molecule has 2 aromatic rings. The maximum Gasteiger partial charge on any atom is 0.0846 e.